The lowest BCUT2D eigenvalue weighted by molar-refractivity contribution is -0.143. The maximum Gasteiger partial charge on any atom is 0.408 e. The number of carbonyl (C=O) groups excluding carboxylic acids is 2. The number of methoxy groups -OCH3 is 1. The monoisotopic (exact) mass is 420 g/mol. The highest BCUT2D eigenvalue weighted by Crippen LogP contribution is 2.21. The normalized spacial score (nSPS) is 11.4. The zero-order chi connectivity index (χ0) is 22.1. The molecule has 0 fully saturated rings. The maximum atomic E-state index is 12.2. The van der Waals surface area contributed by atoms with E-state index < -0.39 is 18.1 Å². The fraction of sp³-hybridized carbons (Fsp3) is 0.208. The van der Waals surface area contributed by atoms with Crippen molar-refractivity contribution in [3.8, 4) is 11.1 Å². The van der Waals surface area contributed by atoms with E-state index in [9.17, 15) is 9.59 Å². The van der Waals surface area contributed by atoms with Crippen LogP contribution >= 0.6 is 0 Å². The van der Waals surface area contributed by atoms with Crippen LogP contribution in [0.25, 0.3) is 11.1 Å². The van der Waals surface area contributed by atoms with E-state index in [1.165, 1.54) is 7.11 Å². The van der Waals surface area contributed by atoms with E-state index in [-0.39, 0.29) is 19.6 Å². The van der Waals surface area contributed by atoms with Crippen molar-refractivity contribution in [1.82, 2.24) is 10.3 Å². The summed E-state index contributed by atoms with van der Waals surface area (Å²) in [5.41, 5.74) is 4.06. The number of carbonyl (C=O) groups is 2. The highest BCUT2D eigenvalue weighted by Gasteiger charge is 2.23. The smallest absolute Gasteiger partial charge is 0.408 e. The molecule has 0 bridgehead atoms. The van der Waals surface area contributed by atoms with Crippen molar-refractivity contribution in [2.24, 2.45) is 0 Å². The Morgan fingerprint density at radius 3 is 2.45 bits per heavy atom. The summed E-state index contributed by atoms with van der Waals surface area (Å²) in [6.45, 7) is -0.0138. The Morgan fingerprint density at radius 2 is 1.77 bits per heavy atom. The molecule has 2 N–H and O–H groups in total. The number of benzene rings is 2. The molecular formula is C24H24N2O5. The first-order valence-corrected chi connectivity index (χ1v) is 9.79. The van der Waals surface area contributed by atoms with Gasteiger partial charge in [0.05, 0.1) is 19.4 Å². The van der Waals surface area contributed by atoms with Gasteiger partial charge in [-0.25, -0.2) is 9.59 Å². The second-order valence-corrected chi connectivity index (χ2v) is 6.88. The van der Waals surface area contributed by atoms with Gasteiger partial charge < -0.3 is 19.9 Å². The quantitative estimate of drug-likeness (QED) is 0.543. The largest absolute Gasteiger partial charge is 0.467 e. The van der Waals surface area contributed by atoms with E-state index in [4.69, 9.17) is 14.6 Å². The number of hydrogen-bond donors (Lipinski definition) is 2. The minimum absolute atomic E-state index is 0.104. The summed E-state index contributed by atoms with van der Waals surface area (Å²) in [7, 11) is 1.27. The zero-order valence-corrected chi connectivity index (χ0v) is 17.2. The van der Waals surface area contributed by atoms with Crippen molar-refractivity contribution in [3.63, 3.8) is 0 Å². The number of nitrogens with one attached hydrogen (secondary N) is 1. The van der Waals surface area contributed by atoms with Gasteiger partial charge in [0.15, 0.2) is 0 Å². The van der Waals surface area contributed by atoms with Gasteiger partial charge >= 0.3 is 12.1 Å². The summed E-state index contributed by atoms with van der Waals surface area (Å²) in [6.07, 6.45) is 1.23. The Kier molecular flexibility index (Phi) is 7.73. The molecule has 1 atom stereocenters. The van der Waals surface area contributed by atoms with Gasteiger partial charge in [-0.1, -0.05) is 60.7 Å². The first kappa shape index (κ1) is 22.0. The number of aliphatic hydroxyl groups is 1. The second kappa shape index (κ2) is 10.9. The number of amides is 1. The molecule has 0 spiro atoms. The lowest BCUT2D eigenvalue weighted by atomic mass is 10.00. The molecule has 1 heterocycles. The molecule has 160 valence electrons. The average Bonchev–Trinajstić information content (AvgIpc) is 2.82. The molecule has 0 aliphatic rings. The second-order valence-electron chi connectivity index (χ2n) is 6.88. The van der Waals surface area contributed by atoms with Gasteiger partial charge in [0.2, 0.25) is 0 Å². The third-order valence-electron chi connectivity index (χ3n) is 4.68. The molecule has 31 heavy (non-hydrogen) atoms. The fourth-order valence-corrected chi connectivity index (χ4v) is 3.04. The minimum atomic E-state index is -0.890. The third-order valence-corrected chi connectivity index (χ3v) is 4.68. The van der Waals surface area contributed by atoms with Gasteiger partial charge in [-0.3, -0.25) is 4.98 Å². The van der Waals surface area contributed by atoms with Crippen molar-refractivity contribution in [1.29, 1.82) is 0 Å². The SMILES string of the molecule is COC(=O)C(Cc1cccc(-c2ccc(CO)nc2)c1)NC(=O)OCc1ccccc1. The number of rotatable bonds is 8. The van der Waals surface area contributed by atoms with Crippen LogP contribution in [-0.2, 0) is 33.9 Å². The minimum Gasteiger partial charge on any atom is -0.467 e. The lowest BCUT2D eigenvalue weighted by Gasteiger charge is -2.17. The highest BCUT2D eigenvalue weighted by atomic mass is 16.6. The lowest BCUT2D eigenvalue weighted by Crippen LogP contribution is -2.43. The standard InChI is InChI=1S/C24H24N2O5/c1-30-23(28)22(26-24(29)31-16-17-6-3-2-4-7-17)13-18-8-5-9-19(12-18)20-10-11-21(15-27)25-14-20/h2-12,14,22,27H,13,15-16H2,1H3,(H,26,29). The molecule has 1 amide bonds. The van der Waals surface area contributed by atoms with Crippen LogP contribution in [0.3, 0.4) is 0 Å². The van der Waals surface area contributed by atoms with Crippen molar-refractivity contribution in [2.75, 3.05) is 7.11 Å². The Morgan fingerprint density at radius 1 is 1.00 bits per heavy atom. The van der Waals surface area contributed by atoms with Gasteiger partial charge in [-0.15, -0.1) is 0 Å². The zero-order valence-electron chi connectivity index (χ0n) is 17.2. The van der Waals surface area contributed by atoms with E-state index in [0.29, 0.717) is 5.69 Å². The molecule has 0 saturated carbocycles. The van der Waals surface area contributed by atoms with Crippen LogP contribution in [0.15, 0.2) is 72.9 Å². The molecule has 7 nitrogen and oxygen atoms in total. The van der Waals surface area contributed by atoms with Gasteiger partial charge in [-0.05, 0) is 22.8 Å². The predicted octanol–water partition coefficient (Wildman–Crippen LogP) is 3.25. The molecular weight excluding hydrogens is 396 g/mol. The van der Waals surface area contributed by atoms with Gasteiger partial charge in [0.1, 0.15) is 12.6 Å². The summed E-state index contributed by atoms with van der Waals surface area (Å²) in [4.78, 5) is 28.6. The number of esters is 1. The summed E-state index contributed by atoms with van der Waals surface area (Å²) in [5.74, 6) is -0.559. The number of nitrogens with zero attached hydrogens (tertiary/aromatic N) is 1. The molecule has 2 aromatic carbocycles. The van der Waals surface area contributed by atoms with E-state index in [1.807, 2.05) is 60.7 Å². The Hall–Kier alpha value is -3.71. The number of aliphatic hydroxyl groups excluding tert-OH is 1. The molecule has 3 aromatic rings. The number of aromatic nitrogens is 1. The number of hydrogen-bond acceptors (Lipinski definition) is 6. The summed E-state index contributed by atoms with van der Waals surface area (Å²) in [5, 5.41) is 11.7. The Labute approximate surface area is 180 Å². The van der Waals surface area contributed by atoms with Crippen molar-refractivity contribution < 1.29 is 24.2 Å². The van der Waals surface area contributed by atoms with Crippen LogP contribution in [0.4, 0.5) is 4.79 Å². The van der Waals surface area contributed by atoms with Crippen molar-refractivity contribution in [3.05, 3.63) is 89.7 Å². The molecule has 0 saturated heterocycles. The predicted molar refractivity (Wildman–Crippen MR) is 115 cm³/mol. The summed E-state index contributed by atoms with van der Waals surface area (Å²) in [6, 6.07) is 19.6. The van der Waals surface area contributed by atoms with Crippen LogP contribution < -0.4 is 5.32 Å². The van der Waals surface area contributed by atoms with Crippen molar-refractivity contribution >= 4 is 12.1 Å². The number of alkyl carbamates (subject to hydrolysis) is 1. The molecule has 0 aliphatic heterocycles. The number of pyridine rings is 1. The van der Waals surface area contributed by atoms with Crippen LogP contribution in [-0.4, -0.2) is 35.3 Å². The van der Waals surface area contributed by atoms with Crippen LogP contribution in [0, 0.1) is 0 Å². The van der Waals surface area contributed by atoms with Gasteiger partial charge in [0, 0.05) is 18.2 Å². The van der Waals surface area contributed by atoms with E-state index in [0.717, 1.165) is 22.3 Å². The summed E-state index contributed by atoms with van der Waals surface area (Å²) < 4.78 is 10.1. The maximum absolute atomic E-state index is 12.2. The molecule has 1 unspecified atom stereocenters. The van der Waals surface area contributed by atoms with E-state index in [1.54, 1.807) is 12.3 Å². The average molecular weight is 420 g/mol. The number of ether oxygens (including phenoxy) is 2. The van der Waals surface area contributed by atoms with Crippen LogP contribution in [0.5, 0.6) is 0 Å². The molecule has 0 radical (unpaired) electrons. The molecule has 3 rings (SSSR count). The fourth-order valence-electron chi connectivity index (χ4n) is 3.04. The summed E-state index contributed by atoms with van der Waals surface area (Å²) >= 11 is 0. The Bertz CT molecular complexity index is 1010. The van der Waals surface area contributed by atoms with Crippen LogP contribution in [0.2, 0.25) is 0 Å². The first-order chi connectivity index (χ1) is 15.1. The van der Waals surface area contributed by atoms with Gasteiger partial charge in [-0.2, -0.15) is 0 Å². The molecule has 7 heteroatoms. The third kappa shape index (κ3) is 6.38. The molecule has 0 aliphatic carbocycles. The van der Waals surface area contributed by atoms with Crippen LogP contribution in [0.1, 0.15) is 16.8 Å². The Balaban J connectivity index is 1.67. The van der Waals surface area contributed by atoms with Crippen molar-refractivity contribution in [2.45, 2.75) is 25.7 Å². The van der Waals surface area contributed by atoms with E-state index in [2.05, 4.69) is 10.3 Å². The van der Waals surface area contributed by atoms with Gasteiger partial charge in [0.25, 0.3) is 0 Å². The topological polar surface area (TPSA) is 97.8 Å². The first-order valence-electron chi connectivity index (χ1n) is 9.79. The highest BCUT2D eigenvalue weighted by molar-refractivity contribution is 5.81. The molecule has 1 aromatic heterocycles. The van der Waals surface area contributed by atoms with E-state index >= 15 is 0 Å².